The minimum atomic E-state index is 0.250. The van der Waals surface area contributed by atoms with Crippen LogP contribution in [0.5, 0.6) is 0 Å². The normalized spacial score (nSPS) is 24.5. The van der Waals surface area contributed by atoms with Crippen molar-refractivity contribution in [2.75, 3.05) is 0 Å². The van der Waals surface area contributed by atoms with Crippen molar-refractivity contribution in [3.8, 4) is 0 Å². The first-order chi connectivity index (χ1) is 13.2. The van der Waals surface area contributed by atoms with E-state index in [-0.39, 0.29) is 12.3 Å². The Labute approximate surface area is 167 Å². The Morgan fingerprint density at radius 2 is 1.21 bits per heavy atom. The third-order valence-electron chi connectivity index (χ3n) is 4.73. The van der Waals surface area contributed by atoms with Crippen molar-refractivity contribution in [2.45, 2.75) is 71.6 Å². The maximum atomic E-state index is 10.5. The number of hydrogen-bond acceptors (Lipinski definition) is 6. The molecule has 28 heavy (non-hydrogen) atoms. The van der Waals surface area contributed by atoms with E-state index in [9.17, 15) is 9.59 Å². The summed E-state index contributed by atoms with van der Waals surface area (Å²) in [6.45, 7) is 12.1. The van der Waals surface area contributed by atoms with E-state index < -0.39 is 0 Å². The van der Waals surface area contributed by atoms with Crippen molar-refractivity contribution < 1.29 is 28.8 Å². The summed E-state index contributed by atoms with van der Waals surface area (Å²) >= 11 is 0. The van der Waals surface area contributed by atoms with Gasteiger partial charge in [-0.25, -0.2) is 0 Å². The first-order valence-corrected chi connectivity index (χ1v) is 9.52. The lowest BCUT2D eigenvalue weighted by Gasteiger charge is -1.92. The fourth-order valence-corrected chi connectivity index (χ4v) is 3.23. The fraction of sp³-hybridized carbons (Fsp3) is 0.636. The molecular weight excluding hydrogens is 360 g/mol. The van der Waals surface area contributed by atoms with Crippen LogP contribution in [0.25, 0.3) is 0 Å². The van der Waals surface area contributed by atoms with E-state index >= 15 is 0 Å². The van der Waals surface area contributed by atoms with E-state index in [4.69, 9.17) is 19.2 Å². The van der Waals surface area contributed by atoms with Crippen LogP contribution >= 0.6 is 0 Å². The number of allylic oxidation sites excluding steroid dienone is 2. The molecule has 3 atom stereocenters. The zero-order valence-corrected chi connectivity index (χ0v) is 17.0. The van der Waals surface area contributed by atoms with E-state index in [1.165, 1.54) is 30.4 Å². The molecule has 0 spiro atoms. The van der Waals surface area contributed by atoms with Gasteiger partial charge in [0.05, 0.1) is 0 Å². The maximum Gasteiger partial charge on any atom is 0.373 e. The van der Waals surface area contributed by atoms with E-state index in [0.717, 1.165) is 50.7 Å². The summed E-state index contributed by atoms with van der Waals surface area (Å²) in [6.07, 6.45) is 11.3. The number of Topliss-reactive ketones (excluding diaryl/α,β-unsaturated/α-hetero) is 1. The highest BCUT2D eigenvalue weighted by atomic mass is 16.2. The second-order valence-corrected chi connectivity index (χ2v) is 7.54. The van der Waals surface area contributed by atoms with Crippen molar-refractivity contribution in [1.82, 2.24) is 0 Å². The number of carbonyl (C=O) groups excluding carboxylic acids is 6. The zero-order valence-electron chi connectivity index (χ0n) is 17.0. The SMILES string of the molecule is C=C1CC[C@H](C)C1.C=C1CC[C@H](C=O)C1.C[C@H]1CCC(=O)C1.O=C=O.O=C=O. The molecule has 0 aromatic carbocycles. The van der Waals surface area contributed by atoms with Gasteiger partial charge < -0.3 is 4.79 Å². The molecule has 0 unspecified atom stereocenters. The maximum absolute atomic E-state index is 10.5. The topological polar surface area (TPSA) is 102 Å². The monoisotopic (exact) mass is 392 g/mol. The van der Waals surface area contributed by atoms with Crippen molar-refractivity contribution in [3.05, 3.63) is 24.3 Å². The molecule has 0 saturated heterocycles. The average molecular weight is 392 g/mol. The van der Waals surface area contributed by atoms with Crippen LogP contribution in [-0.2, 0) is 28.8 Å². The van der Waals surface area contributed by atoms with Crippen LogP contribution in [0.2, 0.25) is 0 Å². The van der Waals surface area contributed by atoms with Crippen molar-refractivity contribution >= 4 is 24.4 Å². The summed E-state index contributed by atoms with van der Waals surface area (Å²) in [4.78, 5) is 53.1. The molecule has 0 aromatic heterocycles. The van der Waals surface area contributed by atoms with Gasteiger partial charge in [-0.3, -0.25) is 4.79 Å². The largest absolute Gasteiger partial charge is 0.373 e. The molecule has 0 radical (unpaired) electrons. The van der Waals surface area contributed by atoms with Crippen LogP contribution in [0.4, 0.5) is 0 Å². The summed E-state index contributed by atoms with van der Waals surface area (Å²) in [7, 11) is 0. The molecule has 3 fully saturated rings. The Hall–Kier alpha value is -2.42. The highest BCUT2D eigenvalue weighted by molar-refractivity contribution is 5.80. The molecule has 0 N–H and O–H groups in total. The number of hydrogen-bond donors (Lipinski definition) is 0. The van der Waals surface area contributed by atoms with Crippen LogP contribution in [0.3, 0.4) is 0 Å². The lowest BCUT2D eigenvalue weighted by Crippen LogP contribution is -1.91. The summed E-state index contributed by atoms with van der Waals surface area (Å²) in [5.41, 5.74) is 2.69. The van der Waals surface area contributed by atoms with Crippen LogP contribution in [0.1, 0.15) is 71.6 Å². The molecule has 0 aliphatic heterocycles. The smallest absolute Gasteiger partial charge is 0.303 e. The van der Waals surface area contributed by atoms with Crippen molar-refractivity contribution in [3.63, 3.8) is 0 Å². The quantitative estimate of drug-likeness (QED) is 0.491. The van der Waals surface area contributed by atoms with Gasteiger partial charge in [0.1, 0.15) is 12.1 Å². The minimum Gasteiger partial charge on any atom is -0.303 e. The van der Waals surface area contributed by atoms with Gasteiger partial charge in [-0.05, 0) is 56.8 Å². The fourth-order valence-electron chi connectivity index (χ4n) is 3.23. The summed E-state index contributed by atoms with van der Waals surface area (Å²) < 4.78 is 0. The average Bonchev–Trinajstić information content (AvgIpc) is 3.33. The Balaban J connectivity index is 0. The molecular formula is C22H32O6. The van der Waals surface area contributed by atoms with E-state index in [1.54, 1.807) is 0 Å². The van der Waals surface area contributed by atoms with Gasteiger partial charge in [0.2, 0.25) is 0 Å². The van der Waals surface area contributed by atoms with E-state index in [1.807, 2.05) is 0 Å². The first kappa shape index (κ1) is 27.8. The Kier molecular flexibility index (Phi) is 17.8. The molecule has 3 aliphatic rings. The Morgan fingerprint density at radius 3 is 1.36 bits per heavy atom. The van der Waals surface area contributed by atoms with Crippen LogP contribution in [0, 0.1) is 17.8 Å². The molecule has 0 heterocycles. The molecule has 6 nitrogen and oxygen atoms in total. The number of rotatable bonds is 1. The lowest BCUT2D eigenvalue weighted by atomic mass is 10.1. The Morgan fingerprint density at radius 1 is 0.786 bits per heavy atom. The standard InChI is InChI=1S/C7H10O.C7H12.C6H10O.2CO2/c1-6-2-3-7(4-6)5-8;1-6-3-4-7(2)5-6;1-5-2-3-6(7)4-5;2*2-1-3/h5,7H,1-4H2;7H,1,3-5H2,2H3;5H,2-4H2,1H3;;/t2*7-;5-;;/m000../s1. The molecule has 6 heteroatoms. The predicted molar refractivity (Wildman–Crippen MR) is 103 cm³/mol. The van der Waals surface area contributed by atoms with Crippen molar-refractivity contribution in [2.24, 2.45) is 17.8 Å². The summed E-state index contributed by atoms with van der Waals surface area (Å²) in [6, 6.07) is 0. The van der Waals surface area contributed by atoms with Crippen molar-refractivity contribution in [1.29, 1.82) is 0 Å². The van der Waals surface area contributed by atoms with Gasteiger partial charge in [-0.1, -0.05) is 38.2 Å². The molecule has 0 amide bonds. The van der Waals surface area contributed by atoms with E-state index in [0.29, 0.717) is 17.6 Å². The summed E-state index contributed by atoms with van der Waals surface area (Å²) in [5, 5.41) is 0. The van der Waals surface area contributed by atoms with Gasteiger partial charge in [-0.2, -0.15) is 19.2 Å². The molecule has 156 valence electrons. The van der Waals surface area contributed by atoms with E-state index in [2.05, 4.69) is 27.0 Å². The number of ketones is 1. The third kappa shape index (κ3) is 17.0. The van der Waals surface area contributed by atoms with Gasteiger partial charge in [0.15, 0.2) is 0 Å². The highest BCUT2D eigenvalue weighted by Crippen LogP contribution is 2.27. The van der Waals surface area contributed by atoms with Crippen LogP contribution < -0.4 is 0 Å². The number of aldehydes is 1. The molecule has 3 aliphatic carbocycles. The zero-order chi connectivity index (χ0) is 21.9. The van der Waals surface area contributed by atoms with Gasteiger partial charge in [0.25, 0.3) is 0 Å². The Bertz CT molecular complexity index is 530. The number of carbonyl (C=O) groups is 2. The van der Waals surface area contributed by atoms with Crippen LogP contribution in [-0.4, -0.2) is 24.4 Å². The second-order valence-electron chi connectivity index (χ2n) is 7.54. The van der Waals surface area contributed by atoms with Crippen LogP contribution in [0.15, 0.2) is 24.3 Å². The first-order valence-electron chi connectivity index (χ1n) is 9.52. The minimum absolute atomic E-state index is 0.250. The predicted octanol–water partition coefficient (Wildman–Crippen LogP) is 4.11. The second kappa shape index (κ2) is 18.0. The summed E-state index contributed by atoms with van der Waals surface area (Å²) in [5.74, 6) is 2.34. The third-order valence-corrected chi connectivity index (χ3v) is 4.73. The lowest BCUT2D eigenvalue weighted by molar-refractivity contribution is -0.193. The highest BCUT2D eigenvalue weighted by Gasteiger charge is 2.17. The van der Waals surface area contributed by atoms with Gasteiger partial charge >= 0.3 is 12.3 Å². The molecule has 3 rings (SSSR count). The molecule has 0 aromatic rings. The van der Waals surface area contributed by atoms with Gasteiger partial charge in [0, 0.05) is 18.8 Å². The van der Waals surface area contributed by atoms with Gasteiger partial charge in [-0.15, -0.1) is 0 Å². The molecule has 3 saturated carbocycles. The molecule has 0 bridgehead atoms.